The number of carbonyl (C=O) groups excluding carboxylic acids is 1. The van der Waals surface area contributed by atoms with Gasteiger partial charge in [-0.3, -0.25) is 9.79 Å². The van der Waals surface area contributed by atoms with Crippen LogP contribution in [0, 0.1) is 24.0 Å². The van der Waals surface area contributed by atoms with Gasteiger partial charge in [-0.2, -0.15) is 0 Å². The number of thioether (sulfide) groups is 1. The van der Waals surface area contributed by atoms with Crippen LogP contribution in [-0.2, 0) is 0 Å². The average molecular weight is 389 g/mol. The van der Waals surface area contributed by atoms with Crippen LogP contribution < -0.4 is 15.8 Å². The summed E-state index contributed by atoms with van der Waals surface area (Å²) in [6, 6.07) is 1.58. The lowest BCUT2D eigenvalue weighted by molar-refractivity contribution is 0.102. The number of nitrogens with two attached hydrogens (primary N) is 1. The minimum absolute atomic E-state index is 0.0161. The highest BCUT2D eigenvalue weighted by Gasteiger charge is 2.24. The third-order valence-corrected chi connectivity index (χ3v) is 4.39. The van der Waals surface area contributed by atoms with E-state index in [4.69, 9.17) is 16.9 Å². The van der Waals surface area contributed by atoms with Crippen LogP contribution in [-0.4, -0.2) is 33.4 Å². The number of hydrogen-bond acceptors (Lipinski definition) is 7. The quantitative estimate of drug-likeness (QED) is 0.760. The lowest BCUT2D eigenvalue weighted by Gasteiger charge is -2.12. The summed E-state index contributed by atoms with van der Waals surface area (Å²) >= 11 is 1.25. The molecule has 1 amide bonds. The molecule has 0 radical (unpaired) electrons. The molecule has 1 aliphatic rings. The smallest absolute Gasteiger partial charge is 0.275 e. The molecule has 138 valence electrons. The molecule has 0 saturated heterocycles. The Morgan fingerprint density at radius 1 is 1.41 bits per heavy atom. The Morgan fingerprint density at radius 2 is 2.22 bits per heavy atom. The summed E-state index contributed by atoms with van der Waals surface area (Å²) in [7, 11) is 0. The Hall–Kier alpha value is -3.19. The van der Waals surface area contributed by atoms with Gasteiger partial charge in [0, 0.05) is 23.1 Å². The van der Waals surface area contributed by atoms with Gasteiger partial charge >= 0.3 is 0 Å². The number of ether oxygens (including phenoxy) is 1. The molecule has 0 fully saturated rings. The van der Waals surface area contributed by atoms with E-state index in [-0.39, 0.29) is 29.4 Å². The molecule has 2 heterocycles. The first kappa shape index (κ1) is 18.6. The van der Waals surface area contributed by atoms with Gasteiger partial charge in [0.15, 0.2) is 23.4 Å². The van der Waals surface area contributed by atoms with E-state index < -0.39 is 23.6 Å². The summed E-state index contributed by atoms with van der Waals surface area (Å²) in [6.45, 7) is 0.0182. The summed E-state index contributed by atoms with van der Waals surface area (Å²) < 4.78 is 33.1. The van der Waals surface area contributed by atoms with E-state index in [1.54, 1.807) is 0 Å². The van der Waals surface area contributed by atoms with Crippen molar-refractivity contribution >= 4 is 28.5 Å². The molecule has 1 atom stereocenters. The average Bonchev–Trinajstić information content (AvgIpc) is 3.09. The van der Waals surface area contributed by atoms with Gasteiger partial charge in [0.1, 0.15) is 5.69 Å². The number of anilines is 1. The minimum Gasteiger partial charge on any atom is -0.463 e. The molecule has 1 aliphatic heterocycles. The summed E-state index contributed by atoms with van der Waals surface area (Å²) in [6.07, 6.45) is 7.48. The van der Waals surface area contributed by atoms with Crippen LogP contribution in [0.4, 0.5) is 14.5 Å². The van der Waals surface area contributed by atoms with Gasteiger partial charge in [0.2, 0.25) is 5.88 Å². The van der Waals surface area contributed by atoms with E-state index in [2.05, 4.69) is 26.2 Å². The van der Waals surface area contributed by atoms with Crippen LogP contribution in [0.1, 0.15) is 22.1 Å². The van der Waals surface area contributed by atoms with Crippen LogP contribution >= 0.6 is 11.8 Å². The second kappa shape index (κ2) is 8.01. The molecule has 27 heavy (non-hydrogen) atoms. The van der Waals surface area contributed by atoms with Gasteiger partial charge < -0.3 is 15.8 Å². The van der Waals surface area contributed by atoms with E-state index in [9.17, 15) is 13.6 Å². The predicted octanol–water partition coefficient (Wildman–Crippen LogP) is 2.12. The summed E-state index contributed by atoms with van der Waals surface area (Å²) in [4.78, 5) is 24.1. The van der Waals surface area contributed by atoms with Gasteiger partial charge in [-0.1, -0.05) is 17.7 Å². The number of amides is 1. The first-order valence-corrected chi connectivity index (χ1v) is 8.61. The number of aromatic nitrogens is 2. The summed E-state index contributed by atoms with van der Waals surface area (Å²) in [5.74, 6) is 0.0598. The first-order chi connectivity index (χ1) is 13.0. The SMILES string of the molecule is C#CCOc1cnc(C(=O)Nc2cc(F)c(F)c(C3CSC(N)=N3)c2)cn1. The second-order valence-electron chi connectivity index (χ2n) is 5.34. The maximum atomic E-state index is 14.1. The van der Waals surface area contributed by atoms with Crippen LogP contribution in [0.3, 0.4) is 0 Å². The van der Waals surface area contributed by atoms with Crippen molar-refractivity contribution in [3.05, 3.63) is 47.4 Å². The highest BCUT2D eigenvalue weighted by Crippen LogP contribution is 2.33. The molecule has 0 saturated carbocycles. The van der Waals surface area contributed by atoms with Crippen LogP contribution in [0.2, 0.25) is 0 Å². The third-order valence-electron chi connectivity index (χ3n) is 3.51. The third kappa shape index (κ3) is 4.32. The number of hydrogen-bond donors (Lipinski definition) is 2. The van der Waals surface area contributed by atoms with Crippen LogP contribution in [0.5, 0.6) is 5.88 Å². The van der Waals surface area contributed by atoms with Gasteiger partial charge in [-0.05, 0) is 6.07 Å². The Morgan fingerprint density at radius 3 is 2.85 bits per heavy atom. The summed E-state index contributed by atoms with van der Waals surface area (Å²) in [5.41, 5.74) is 5.62. The number of aliphatic imine (C=N–C) groups is 1. The Kier molecular flexibility index (Phi) is 5.52. The van der Waals surface area contributed by atoms with Gasteiger partial charge in [-0.15, -0.1) is 6.42 Å². The minimum atomic E-state index is -1.10. The fourth-order valence-corrected chi connectivity index (χ4v) is 3.08. The van der Waals surface area contributed by atoms with Crippen LogP contribution in [0.25, 0.3) is 0 Å². The second-order valence-corrected chi connectivity index (χ2v) is 6.38. The van der Waals surface area contributed by atoms with E-state index in [0.717, 1.165) is 6.07 Å². The molecule has 1 aromatic carbocycles. The molecule has 7 nitrogen and oxygen atoms in total. The monoisotopic (exact) mass is 389 g/mol. The zero-order valence-corrected chi connectivity index (χ0v) is 14.6. The number of halogens is 2. The highest BCUT2D eigenvalue weighted by atomic mass is 32.2. The van der Waals surface area contributed by atoms with E-state index >= 15 is 0 Å². The fourth-order valence-electron chi connectivity index (χ4n) is 2.30. The number of carbonyl (C=O) groups is 1. The molecule has 10 heteroatoms. The predicted molar refractivity (Wildman–Crippen MR) is 97.5 cm³/mol. The number of benzene rings is 1. The van der Waals surface area contributed by atoms with Crippen molar-refractivity contribution < 1.29 is 18.3 Å². The molecule has 0 spiro atoms. The molecular formula is C17H13F2N5O2S. The topological polar surface area (TPSA) is 102 Å². The van der Waals surface area contributed by atoms with E-state index in [1.807, 2.05) is 0 Å². The molecule has 2 aromatic rings. The number of nitrogens with one attached hydrogen (secondary N) is 1. The normalized spacial score (nSPS) is 15.7. The van der Waals surface area contributed by atoms with Crippen molar-refractivity contribution in [1.82, 2.24) is 9.97 Å². The summed E-state index contributed by atoms with van der Waals surface area (Å²) in [5, 5.41) is 2.76. The highest BCUT2D eigenvalue weighted by molar-refractivity contribution is 8.14. The van der Waals surface area contributed by atoms with Crippen molar-refractivity contribution in [2.75, 3.05) is 17.7 Å². The molecule has 0 bridgehead atoms. The fraction of sp³-hybridized carbons (Fsp3) is 0.176. The molecule has 0 aliphatic carbocycles. The van der Waals surface area contributed by atoms with Crippen LogP contribution in [0.15, 0.2) is 29.5 Å². The maximum absolute atomic E-state index is 14.1. The zero-order chi connectivity index (χ0) is 19.4. The van der Waals surface area contributed by atoms with Crippen molar-refractivity contribution in [3.63, 3.8) is 0 Å². The standard InChI is InChI=1S/C17H13F2N5O2S/c1-2-3-26-14-7-21-12(6-22-14)16(25)23-9-4-10(15(19)11(18)5-9)13-8-27-17(20)24-13/h1,4-7,13H,3,8H2,(H2,20,24)(H,23,25). The number of rotatable bonds is 5. The zero-order valence-electron chi connectivity index (χ0n) is 13.8. The van der Waals surface area contributed by atoms with E-state index in [1.165, 1.54) is 30.2 Å². The Labute approximate surface area is 157 Å². The van der Waals surface area contributed by atoms with Gasteiger partial charge in [0.25, 0.3) is 5.91 Å². The molecule has 1 unspecified atom stereocenters. The Balaban J connectivity index is 1.78. The number of nitrogens with zero attached hydrogens (tertiary/aromatic N) is 3. The molecule has 3 rings (SSSR count). The largest absolute Gasteiger partial charge is 0.463 e. The molecule has 1 aromatic heterocycles. The lowest BCUT2D eigenvalue weighted by atomic mass is 10.1. The number of amidine groups is 1. The van der Waals surface area contributed by atoms with Crippen molar-refractivity contribution in [2.24, 2.45) is 10.7 Å². The maximum Gasteiger partial charge on any atom is 0.275 e. The van der Waals surface area contributed by atoms with Crippen molar-refractivity contribution in [3.8, 4) is 18.2 Å². The van der Waals surface area contributed by atoms with Gasteiger partial charge in [0.05, 0.1) is 18.4 Å². The first-order valence-electron chi connectivity index (χ1n) is 7.62. The van der Waals surface area contributed by atoms with Crippen molar-refractivity contribution in [1.29, 1.82) is 0 Å². The lowest BCUT2D eigenvalue weighted by Crippen LogP contribution is -2.15. The Bertz CT molecular complexity index is 944. The molecular weight excluding hydrogens is 376 g/mol. The molecule has 3 N–H and O–H groups in total. The van der Waals surface area contributed by atoms with Crippen molar-refractivity contribution in [2.45, 2.75) is 6.04 Å². The van der Waals surface area contributed by atoms with Gasteiger partial charge in [-0.25, -0.2) is 18.7 Å². The van der Waals surface area contributed by atoms with E-state index in [0.29, 0.717) is 10.9 Å². The number of terminal acetylenes is 1.